The van der Waals surface area contributed by atoms with Gasteiger partial charge in [-0.2, -0.15) is 4.98 Å². The molecule has 33 heavy (non-hydrogen) atoms. The molecule has 0 spiro atoms. The maximum absolute atomic E-state index is 12.9. The molecule has 0 atom stereocenters. The van der Waals surface area contributed by atoms with Crippen LogP contribution in [0.3, 0.4) is 0 Å². The van der Waals surface area contributed by atoms with Crippen molar-refractivity contribution in [2.24, 2.45) is 0 Å². The Kier molecular flexibility index (Phi) is 6.55. The number of hydrogen-bond acceptors (Lipinski definition) is 8. The number of aryl methyl sites for hydroxylation is 1. The van der Waals surface area contributed by atoms with Gasteiger partial charge in [-0.1, -0.05) is 0 Å². The van der Waals surface area contributed by atoms with Crippen LogP contribution in [0.1, 0.15) is 18.5 Å². The van der Waals surface area contributed by atoms with E-state index < -0.39 is 10.0 Å². The van der Waals surface area contributed by atoms with E-state index in [0.717, 1.165) is 30.3 Å². The standard InChI is InChI=1S/C23H27N5O4S/c1-16-14-22(28-12-4-5-13-28)26-23(24-16)25-17-6-8-18(9-7-17)27-33(29,30)21-15-19(31-2)10-11-20(21)32-3/h6-11,14-15,27H,4-5,12-13H2,1-3H3,(H,24,25,26). The van der Waals surface area contributed by atoms with Gasteiger partial charge in [0.05, 0.1) is 14.2 Å². The van der Waals surface area contributed by atoms with Gasteiger partial charge in [-0.05, 0) is 56.2 Å². The second kappa shape index (κ2) is 9.53. The van der Waals surface area contributed by atoms with Crippen molar-refractivity contribution in [1.29, 1.82) is 0 Å². The molecule has 1 saturated heterocycles. The Morgan fingerprint density at radius 3 is 2.27 bits per heavy atom. The van der Waals surface area contributed by atoms with E-state index in [1.807, 2.05) is 13.0 Å². The predicted octanol–water partition coefficient (Wildman–Crippen LogP) is 3.95. The van der Waals surface area contributed by atoms with Crippen LogP contribution in [-0.4, -0.2) is 45.7 Å². The lowest BCUT2D eigenvalue weighted by atomic mass is 10.3. The zero-order valence-electron chi connectivity index (χ0n) is 18.8. The zero-order chi connectivity index (χ0) is 23.4. The number of nitrogens with one attached hydrogen (secondary N) is 2. The molecule has 1 fully saturated rings. The highest BCUT2D eigenvalue weighted by Crippen LogP contribution is 2.30. The molecule has 2 heterocycles. The van der Waals surface area contributed by atoms with Crippen molar-refractivity contribution in [2.75, 3.05) is 42.2 Å². The number of nitrogens with zero attached hydrogens (tertiary/aromatic N) is 3. The van der Waals surface area contributed by atoms with Crippen molar-refractivity contribution in [3.63, 3.8) is 0 Å². The van der Waals surface area contributed by atoms with Crippen LogP contribution in [-0.2, 0) is 10.0 Å². The van der Waals surface area contributed by atoms with Gasteiger partial charge in [0.1, 0.15) is 22.2 Å². The Bertz CT molecular complexity index is 1230. The lowest BCUT2D eigenvalue weighted by Crippen LogP contribution is -2.19. The molecule has 1 aliphatic heterocycles. The molecule has 9 nitrogen and oxygen atoms in total. The Morgan fingerprint density at radius 2 is 1.61 bits per heavy atom. The monoisotopic (exact) mass is 469 g/mol. The highest BCUT2D eigenvalue weighted by molar-refractivity contribution is 7.92. The van der Waals surface area contributed by atoms with E-state index in [4.69, 9.17) is 9.47 Å². The highest BCUT2D eigenvalue weighted by atomic mass is 32.2. The van der Waals surface area contributed by atoms with Crippen LogP contribution in [0.5, 0.6) is 11.5 Å². The number of hydrogen-bond donors (Lipinski definition) is 2. The van der Waals surface area contributed by atoms with Crippen LogP contribution >= 0.6 is 0 Å². The molecule has 174 valence electrons. The molecule has 0 saturated carbocycles. The van der Waals surface area contributed by atoms with Crippen LogP contribution in [0.2, 0.25) is 0 Å². The lowest BCUT2D eigenvalue weighted by molar-refractivity contribution is 0.392. The third kappa shape index (κ3) is 5.28. The minimum atomic E-state index is -3.89. The van der Waals surface area contributed by atoms with E-state index in [9.17, 15) is 8.42 Å². The lowest BCUT2D eigenvalue weighted by Gasteiger charge is -2.18. The van der Waals surface area contributed by atoms with Gasteiger partial charge in [0.15, 0.2) is 0 Å². The minimum Gasteiger partial charge on any atom is -0.497 e. The van der Waals surface area contributed by atoms with E-state index in [2.05, 4.69) is 24.9 Å². The molecule has 1 aromatic heterocycles. The molecule has 0 aliphatic carbocycles. The summed E-state index contributed by atoms with van der Waals surface area (Å²) in [6, 6.07) is 13.5. The molecular formula is C23H27N5O4S. The van der Waals surface area contributed by atoms with E-state index in [1.165, 1.54) is 33.1 Å². The number of anilines is 4. The van der Waals surface area contributed by atoms with Crippen molar-refractivity contribution in [3.8, 4) is 11.5 Å². The number of ether oxygens (including phenoxy) is 2. The third-order valence-corrected chi connectivity index (χ3v) is 6.73. The summed E-state index contributed by atoms with van der Waals surface area (Å²) in [5.41, 5.74) is 2.04. The second-order valence-corrected chi connectivity index (χ2v) is 9.36. The summed E-state index contributed by atoms with van der Waals surface area (Å²) in [5.74, 6) is 2.07. The van der Waals surface area contributed by atoms with Gasteiger partial charge >= 0.3 is 0 Å². The fourth-order valence-electron chi connectivity index (χ4n) is 3.67. The first kappa shape index (κ1) is 22.7. The molecule has 3 aromatic rings. The van der Waals surface area contributed by atoms with Gasteiger partial charge in [-0.25, -0.2) is 13.4 Å². The predicted molar refractivity (Wildman–Crippen MR) is 128 cm³/mol. The molecule has 0 bridgehead atoms. The molecule has 10 heteroatoms. The number of benzene rings is 2. The summed E-state index contributed by atoms with van der Waals surface area (Å²) in [5, 5.41) is 3.20. The summed E-state index contributed by atoms with van der Waals surface area (Å²) in [4.78, 5) is 11.4. The summed E-state index contributed by atoms with van der Waals surface area (Å²) in [6.45, 7) is 3.95. The van der Waals surface area contributed by atoms with Crippen LogP contribution in [0, 0.1) is 6.92 Å². The molecular weight excluding hydrogens is 442 g/mol. The van der Waals surface area contributed by atoms with E-state index >= 15 is 0 Å². The first-order chi connectivity index (χ1) is 15.9. The maximum Gasteiger partial charge on any atom is 0.265 e. The SMILES string of the molecule is COc1ccc(OC)c(S(=O)(=O)Nc2ccc(Nc3nc(C)cc(N4CCCC4)n3)cc2)c1. The summed E-state index contributed by atoms with van der Waals surface area (Å²) < 4.78 is 38.8. The smallest absolute Gasteiger partial charge is 0.265 e. The maximum atomic E-state index is 12.9. The van der Waals surface area contributed by atoms with Crippen molar-refractivity contribution >= 4 is 33.2 Å². The third-order valence-electron chi connectivity index (χ3n) is 5.32. The first-order valence-electron chi connectivity index (χ1n) is 10.6. The number of rotatable bonds is 8. The summed E-state index contributed by atoms with van der Waals surface area (Å²) >= 11 is 0. The van der Waals surface area contributed by atoms with Crippen molar-refractivity contribution in [1.82, 2.24) is 9.97 Å². The van der Waals surface area contributed by atoms with Gasteiger partial charge in [0, 0.05) is 42.3 Å². The van der Waals surface area contributed by atoms with E-state index in [1.54, 1.807) is 36.4 Å². The highest BCUT2D eigenvalue weighted by Gasteiger charge is 2.21. The molecule has 2 aromatic carbocycles. The largest absolute Gasteiger partial charge is 0.497 e. The Labute approximate surface area is 193 Å². The summed E-state index contributed by atoms with van der Waals surface area (Å²) in [7, 11) is -0.991. The molecule has 0 unspecified atom stereocenters. The minimum absolute atomic E-state index is 0.00541. The number of methoxy groups -OCH3 is 2. The van der Waals surface area contributed by atoms with Gasteiger partial charge in [0.25, 0.3) is 10.0 Å². The molecule has 0 amide bonds. The van der Waals surface area contributed by atoms with E-state index in [0.29, 0.717) is 17.4 Å². The van der Waals surface area contributed by atoms with Crippen LogP contribution in [0.4, 0.5) is 23.1 Å². The van der Waals surface area contributed by atoms with Crippen LogP contribution < -0.4 is 24.4 Å². The van der Waals surface area contributed by atoms with Crippen molar-refractivity contribution in [3.05, 3.63) is 54.2 Å². The molecule has 2 N–H and O–H groups in total. The zero-order valence-corrected chi connectivity index (χ0v) is 19.6. The topological polar surface area (TPSA) is 106 Å². The van der Waals surface area contributed by atoms with Crippen molar-refractivity contribution in [2.45, 2.75) is 24.7 Å². The second-order valence-electron chi connectivity index (χ2n) is 7.71. The normalized spacial score (nSPS) is 13.6. The Hall–Kier alpha value is -3.53. The average molecular weight is 470 g/mol. The molecule has 0 radical (unpaired) electrons. The van der Waals surface area contributed by atoms with Gasteiger partial charge in [-0.15, -0.1) is 0 Å². The average Bonchev–Trinajstić information content (AvgIpc) is 3.34. The number of aromatic nitrogens is 2. The van der Waals surface area contributed by atoms with Gasteiger partial charge < -0.3 is 19.7 Å². The van der Waals surface area contributed by atoms with Gasteiger partial charge in [0.2, 0.25) is 5.95 Å². The first-order valence-corrected chi connectivity index (χ1v) is 12.1. The van der Waals surface area contributed by atoms with E-state index in [-0.39, 0.29) is 10.6 Å². The van der Waals surface area contributed by atoms with Crippen molar-refractivity contribution < 1.29 is 17.9 Å². The Balaban J connectivity index is 1.50. The van der Waals surface area contributed by atoms with Crippen LogP contribution in [0.25, 0.3) is 0 Å². The van der Waals surface area contributed by atoms with Gasteiger partial charge in [-0.3, -0.25) is 4.72 Å². The fraction of sp³-hybridized carbons (Fsp3) is 0.304. The molecule has 1 aliphatic rings. The number of sulfonamides is 1. The Morgan fingerprint density at radius 1 is 0.909 bits per heavy atom. The quantitative estimate of drug-likeness (QED) is 0.511. The molecule has 4 rings (SSSR count). The summed E-state index contributed by atoms with van der Waals surface area (Å²) in [6.07, 6.45) is 2.34. The fourth-order valence-corrected chi connectivity index (χ4v) is 4.91. The van der Waals surface area contributed by atoms with Crippen LogP contribution in [0.15, 0.2) is 53.4 Å².